The molecule has 4 heteroatoms. The summed E-state index contributed by atoms with van der Waals surface area (Å²) in [6.45, 7) is 1.71. The van der Waals surface area contributed by atoms with Gasteiger partial charge in [-0.25, -0.2) is 4.99 Å². The highest BCUT2D eigenvalue weighted by Gasteiger charge is 1.91. The maximum Gasteiger partial charge on any atom is 0.216 e. The molecular formula is C11H16N4. The molecule has 0 saturated heterocycles. The lowest BCUT2D eigenvalue weighted by molar-refractivity contribution is 0.962. The van der Waals surface area contributed by atoms with E-state index in [9.17, 15) is 0 Å². The van der Waals surface area contributed by atoms with Gasteiger partial charge in [0.15, 0.2) is 0 Å². The second kappa shape index (κ2) is 5.80. The molecule has 0 aliphatic carbocycles. The fourth-order valence-electron chi connectivity index (χ4n) is 0.944. The Morgan fingerprint density at radius 2 is 2.13 bits per heavy atom. The van der Waals surface area contributed by atoms with Gasteiger partial charge in [-0.15, -0.1) is 0 Å². The quantitative estimate of drug-likeness (QED) is 0.571. The van der Waals surface area contributed by atoms with Crippen LogP contribution in [-0.2, 0) is 6.40 Å². The largest absolute Gasteiger partial charge is 0.387 e. The van der Waals surface area contributed by atoms with Gasteiger partial charge >= 0.3 is 0 Å². The molecule has 0 bridgehead atoms. The van der Waals surface area contributed by atoms with Crippen LogP contribution in [0, 0.1) is 0 Å². The van der Waals surface area contributed by atoms with E-state index in [-0.39, 0.29) is 24.6 Å². The van der Waals surface area contributed by atoms with Crippen LogP contribution in [0.25, 0.3) is 0 Å². The van der Waals surface area contributed by atoms with Gasteiger partial charge in [0.05, 0.1) is 8.58 Å². The maximum atomic E-state index is 7.87. The van der Waals surface area contributed by atoms with E-state index in [1.807, 2.05) is 0 Å². The summed E-state index contributed by atoms with van der Waals surface area (Å²) in [6.07, 6.45) is -0.675. The molecule has 0 heterocycles. The smallest absolute Gasteiger partial charge is 0.216 e. The van der Waals surface area contributed by atoms with Crippen LogP contribution in [0.15, 0.2) is 40.3 Å². The molecule has 1 atom stereocenters. The number of benzene rings is 1. The van der Waals surface area contributed by atoms with Gasteiger partial charge in [-0.05, 0) is 18.9 Å². The molecule has 4 N–H and O–H groups in total. The van der Waals surface area contributed by atoms with Gasteiger partial charge in [0, 0.05) is 7.92 Å². The molecule has 80 valence electrons. The molecule has 0 aromatic heterocycles. The summed E-state index contributed by atoms with van der Waals surface area (Å²) in [4.78, 5) is 7.66. The highest BCUT2D eigenvalue weighted by atomic mass is 15.1. The van der Waals surface area contributed by atoms with Crippen molar-refractivity contribution in [2.75, 3.05) is 6.54 Å². The van der Waals surface area contributed by atoms with E-state index in [0.29, 0.717) is 11.4 Å². The third-order valence-electron chi connectivity index (χ3n) is 1.54. The maximum absolute atomic E-state index is 7.87. The van der Waals surface area contributed by atoms with Crippen molar-refractivity contribution >= 4 is 11.8 Å². The van der Waals surface area contributed by atoms with Crippen molar-refractivity contribution in [3.8, 4) is 0 Å². The van der Waals surface area contributed by atoms with Crippen molar-refractivity contribution in [1.82, 2.24) is 0 Å². The number of rotatable bonds is 3. The van der Waals surface area contributed by atoms with Crippen LogP contribution >= 0.6 is 0 Å². The number of guanidine groups is 1. The monoisotopic (exact) mass is 207 g/mol. The summed E-state index contributed by atoms with van der Waals surface area (Å²) >= 11 is 0. The Morgan fingerprint density at radius 1 is 1.47 bits per heavy atom. The number of hydrogen-bond donors (Lipinski definition) is 2. The first-order valence-corrected chi connectivity index (χ1v) is 4.49. The molecule has 0 aliphatic heterocycles. The predicted molar refractivity (Wildman–Crippen MR) is 63.9 cm³/mol. The molecule has 1 aromatic carbocycles. The number of hydrogen-bond acceptors (Lipinski definition) is 1. The van der Waals surface area contributed by atoms with Gasteiger partial charge in [-0.3, -0.25) is 4.99 Å². The van der Waals surface area contributed by atoms with E-state index in [1.165, 1.54) is 6.07 Å². The fraction of sp³-hybridized carbons (Fsp3) is 0.273. The SMILES string of the molecule is [2H]c1cc([2H])cc(C([2H])CN=C(N)N=C(C)N)c1. The molecule has 0 aliphatic rings. The van der Waals surface area contributed by atoms with E-state index in [1.54, 1.807) is 19.1 Å². The van der Waals surface area contributed by atoms with Crippen LogP contribution < -0.4 is 11.5 Å². The Bertz CT molecular complexity index is 461. The Hall–Kier alpha value is -1.84. The van der Waals surface area contributed by atoms with Gasteiger partial charge in [-0.2, -0.15) is 0 Å². The van der Waals surface area contributed by atoms with Crippen LogP contribution in [0.5, 0.6) is 0 Å². The minimum atomic E-state index is -0.675. The predicted octanol–water partition coefficient (Wildman–Crippen LogP) is 0.921. The van der Waals surface area contributed by atoms with Gasteiger partial charge in [0.25, 0.3) is 0 Å². The first kappa shape index (κ1) is 7.45. The van der Waals surface area contributed by atoms with Crippen molar-refractivity contribution in [2.24, 2.45) is 21.5 Å². The van der Waals surface area contributed by atoms with Crippen LogP contribution in [-0.4, -0.2) is 18.3 Å². The van der Waals surface area contributed by atoms with Crippen molar-refractivity contribution in [3.05, 3.63) is 35.8 Å². The average molecular weight is 207 g/mol. The third kappa shape index (κ3) is 4.81. The van der Waals surface area contributed by atoms with E-state index >= 15 is 0 Å². The zero-order valence-electron chi connectivity index (χ0n) is 11.6. The Balaban J connectivity index is 2.76. The van der Waals surface area contributed by atoms with Crippen molar-refractivity contribution in [3.63, 3.8) is 0 Å². The summed E-state index contributed by atoms with van der Waals surface area (Å²) in [5.74, 6) is 0.333. The molecule has 0 saturated carbocycles. The standard InChI is InChI=1S/C11H16N4/c1-9(12)15-11(13)14-8-7-10-5-3-2-4-6-10/h2-6H,7-8H2,1H3,(H4,12,13,14,15)/i3D,4D,7D. The summed E-state index contributed by atoms with van der Waals surface area (Å²) < 4.78 is 22.8. The fourth-order valence-corrected chi connectivity index (χ4v) is 0.944. The molecule has 1 rings (SSSR count). The minimum absolute atomic E-state index is 0.0281. The van der Waals surface area contributed by atoms with E-state index < -0.39 is 6.40 Å². The third-order valence-corrected chi connectivity index (χ3v) is 1.54. The van der Waals surface area contributed by atoms with Crippen molar-refractivity contribution in [2.45, 2.75) is 13.3 Å². The first-order chi connectivity index (χ1) is 8.38. The highest BCUT2D eigenvalue weighted by Crippen LogP contribution is 1.99. The van der Waals surface area contributed by atoms with Gasteiger partial charge < -0.3 is 11.5 Å². The second-order valence-electron chi connectivity index (χ2n) is 2.92. The number of aliphatic imine (C=N–C) groups is 2. The van der Waals surface area contributed by atoms with E-state index in [4.69, 9.17) is 15.6 Å². The Labute approximate surface area is 93.9 Å². The lowest BCUT2D eigenvalue weighted by Gasteiger charge is -1.97. The average Bonchev–Trinajstić information content (AvgIpc) is 2.23. The molecule has 15 heavy (non-hydrogen) atoms. The highest BCUT2D eigenvalue weighted by molar-refractivity contribution is 5.93. The van der Waals surface area contributed by atoms with Gasteiger partial charge in [0.2, 0.25) is 5.96 Å². The molecule has 1 unspecified atom stereocenters. The topological polar surface area (TPSA) is 76.8 Å². The summed E-state index contributed by atoms with van der Waals surface area (Å²) in [7, 11) is 0. The second-order valence-corrected chi connectivity index (χ2v) is 2.92. The summed E-state index contributed by atoms with van der Waals surface area (Å²) in [5.41, 5.74) is 11.4. The van der Waals surface area contributed by atoms with E-state index in [0.717, 1.165) is 0 Å². The van der Waals surface area contributed by atoms with Crippen LogP contribution in [0.4, 0.5) is 0 Å². The Morgan fingerprint density at radius 3 is 2.73 bits per heavy atom. The van der Waals surface area contributed by atoms with Crippen molar-refractivity contribution < 1.29 is 4.11 Å². The van der Waals surface area contributed by atoms with E-state index in [2.05, 4.69) is 9.98 Å². The summed E-state index contributed by atoms with van der Waals surface area (Å²) in [5, 5.41) is 0. The summed E-state index contributed by atoms with van der Waals surface area (Å²) in [6, 6.07) is 4.92. The van der Waals surface area contributed by atoms with Crippen molar-refractivity contribution in [1.29, 1.82) is 0 Å². The molecule has 4 nitrogen and oxygen atoms in total. The normalized spacial score (nSPS) is 17.8. The van der Waals surface area contributed by atoms with Gasteiger partial charge in [0.1, 0.15) is 0 Å². The lowest BCUT2D eigenvalue weighted by atomic mass is 10.2. The van der Waals surface area contributed by atoms with Crippen LogP contribution in [0.1, 0.15) is 16.6 Å². The molecule has 1 aromatic rings. The number of nitrogens with two attached hydrogens (primary N) is 2. The van der Waals surface area contributed by atoms with Gasteiger partial charge in [-0.1, -0.05) is 30.3 Å². The molecule has 0 amide bonds. The first-order valence-electron chi connectivity index (χ1n) is 6.07. The number of amidine groups is 1. The minimum Gasteiger partial charge on any atom is -0.387 e. The molecule has 0 fully saturated rings. The Kier molecular flexibility index (Phi) is 2.88. The molecule has 0 spiro atoms. The zero-order valence-corrected chi connectivity index (χ0v) is 8.57. The molecule has 0 radical (unpaired) electrons. The zero-order chi connectivity index (χ0) is 13.7. The number of nitrogens with zero attached hydrogens (tertiary/aromatic N) is 2. The lowest BCUT2D eigenvalue weighted by Crippen LogP contribution is -2.16. The van der Waals surface area contributed by atoms with Crippen LogP contribution in [0.3, 0.4) is 0 Å². The molecular weight excluding hydrogens is 188 g/mol. The van der Waals surface area contributed by atoms with Crippen LogP contribution in [0.2, 0.25) is 0 Å².